The summed E-state index contributed by atoms with van der Waals surface area (Å²) in [7, 11) is 0. The zero-order valence-corrected chi connectivity index (χ0v) is 13.6. The molecule has 0 fully saturated rings. The van der Waals surface area contributed by atoms with Gasteiger partial charge in [0.2, 0.25) is 0 Å². The Labute approximate surface area is 133 Å². The zero-order chi connectivity index (χ0) is 15.6. The first-order valence-corrected chi connectivity index (χ1v) is 7.93. The third-order valence-corrected chi connectivity index (χ3v) is 4.20. The Kier molecular flexibility index (Phi) is 4.00. The van der Waals surface area contributed by atoms with Gasteiger partial charge in [-0.25, -0.2) is 0 Å². The van der Waals surface area contributed by atoms with Gasteiger partial charge in [-0.1, -0.05) is 69.3 Å². The van der Waals surface area contributed by atoms with Crippen LogP contribution in [0, 0.1) is 5.41 Å². The molecular formula is C21H24N+. The maximum Gasteiger partial charge on any atom is 0.135 e. The van der Waals surface area contributed by atoms with Crippen LogP contribution in [0.25, 0.3) is 11.1 Å². The minimum atomic E-state index is 0.194. The van der Waals surface area contributed by atoms with Crippen LogP contribution in [0.15, 0.2) is 78.5 Å². The number of hydrogen-bond acceptors (Lipinski definition) is 0. The van der Waals surface area contributed by atoms with E-state index in [0.29, 0.717) is 6.04 Å². The second-order valence-corrected chi connectivity index (χ2v) is 6.94. The van der Waals surface area contributed by atoms with Crippen LogP contribution in [0.3, 0.4) is 0 Å². The molecule has 0 saturated carbocycles. The highest BCUT2D eigenvalue weighted by Gasteiger charge is 2.22. The maximum absolute atomic E-state index is 2.39. The van der Waals surface area contributed by atoms with Crippen molar-refractivity contribution in [2.45, 2.75) is 26.8 Å². The quantitative estimate of drug-likeness (QED) is 0.841. The summed E-state index contributed by atoms with van der Waals surface area (Å²) in [5, 5.41) is 2.28. The summed E-state index contributed by atoms with van der Waals surface area (Å²) < 4.78 is 0. The molecule has 0 aliphatic carbocycles. The molecule has 1 nitrogen and oxygen atoms in total. The van der Waals surface area contributed by atoms with E-state index in [0.717, 1.165) is 0 Å². The Balaban J connectivity index is 1.93. The van der Waals surface area contributed by atoms with Crippen molar-refractivity contribution >= 4 is 0 Å². The van der Waals surface area contributed by atoms with Crippen LogP contribution in [-0.2, 0) is 0 Å². The Morgan fingerprint density at radius 1 is 0.864 bits per heavy atom. The van der Waals surface area contributed by atoms with Crippen molar-refractivity contribution in [2.24, 2.45) is 5.41 Å². The topological polar surface area (TPSA) is 16.6 Å². The fraction of sp³-hybridized carbons (Fsp3) is 0.238. The summed E-state index contributed by atoms with van der Waals surface area (Å²) in [4.78, 5) is 0. The van der Waals surface area contributed by atoms with Gasteiger partial charge in [0.1, 0.15) is 6.04 Å². The van der Waals surface area contributed by atoms with Gasteiger partial charge >= 0.3 is 0 Å². The molecule has 1 heteroatoms. The van der Waals surface area contributed by atoms with Gasteiger partial charge in [0.15, 0.2) is 0 Å². The van der Waals surface area contributed by atoms with Crippen molar-refractivity contribution < 1.29 is 5.32 Å². The molecule has 2 N–H and O–H groups in total. The lowest BCUT2D eigenvalue weighted by molar-refractivity contribution is -0.623. The number of allylic oxidation sites excluding steroid dienone is 2. The summed E-state index contributed by atoms with van der Waals surface area (Å²) in [6.45, 7) is 6.81. The second kappa shape index (κ2) is 5.94. The normalized spacial score (nSPS) is 18.1. The standard InChI is InChI=1S/C21H23N/c1-21(2,3)19-12-13-22-20(15-19)18-11-7-10-17(14-18)16-8-5-4-6-9-16/h4-15,20,22H,1-3H3/p+1. The van der Waals surface area contributed by atoms with Crippen LogP contribution < -0.4 is 5.32 Å². The number of quaternary nitrogens is 1. The molecule has 0 aromatic heterocycles. The molecule has 0 radical (unpaired) electrons. The molecule has 22 heavy (non-hydrogen) atoms. The van der Waals surface area contributed by atoms with Gasteiger partial charge in [-0.2, -0.15) is 0 Å². The third-order valence-electron chi connectivity index (χ3n) is 4.20. The lowest BCUT2D eigenvalue weighted by Crippen LogP contribution is -2.79. The molecule has 1 aliphatic heterocycles. The molecular weight excluding hydrogens is 266 g/mol. The fourth-order valence-electron chi connectivity index (χ4n) is 2.85. The average molecular weight is 290 g/mol. The van der Waals surface area contributed by atoms with Crippen molar-refractivity contribution in [3.63, 3.8) is 0 Å². The third kappa shape index (κ3) is 3.20. The monoisotopic (exact) mass is 290 g/mol. The average Bonchev–Trinajstić information content (AvgIpc) is 2.55. The highest BCUT2D eigenvalue weighted by molar-refractivity contribution is 5.64. The minimum absolute atomic E-state index is 0.194. The van der Waals surface area contributed by atoms with Crippen LogP contribution in [0.2, 0.25) is 0 Å². The SMILES string of the molecule is CC(C)(C)C1=CC(c2cccc(-c3ccccc3)c2)[NH2+]C=C1. The smallest absolute Gasteiger partial charge is 0.135 e. The summed E-state index contributed by atoms with van der Waals surface area (Å²) in [5.74, 6) is 0. The molecule has 112 valence electrons. The molecule has 0 saturated heterocycles. The summed E-state index contributed by atoms with van der Waals surface area (Å²) in [6.07, 6.45) is 6.82. The lowest BCUT2D eigenvalue weighted by atomic mass is 9.83. The minimum Gasteiger partial charge on any atom is -0.311 e. The van der Waals surface area contributed by atoms with E-state index < -0.39 is 0 Å². The van der Waals surface area contributed by atoms with E-state index in [9.17, 15) is 0 Å². The molecule has 0 amide bonds. The Morgan fingerprint density at radius 3 is 2.32 bits per heavy atom. The molecule has 2 aromatic carbocycles. The van der Waals surface area contributed by atoms with Crippen molar-refractivity contribution in [1.29, 1.82) is 0 Å². The second-order valence-electron chi connectivity index (χ2n) is 6.94. The molecule has 2 aromatic rings. The Morgan fingerprint density at radius 2 is 1.59 bits per heavy atom. The van der Waals surface area contributed by atoms with Crippen LogP contribution in [0.5, 0.6) is 0 Å². The van der Waals surface area contributed by atoms with Crippen molar-refractivity contribution in [1.82, 2.24) is 0 Å². The Hall–Kier alpha value is -2.12. The van der Waals surface area contributed by atoms with Gasteiger partial charge < -0.3 is 5.32 Å². The van der Waals surface area contributed by atoms with E-state index in [1.807, 2.05) is 0 Å². The van der Waals surface area contributed by atoms with Crippen LogP contribution >= 0.6 is 0 Å². The van der Waals surface area contributed by atoms with E-state index in [4.69, 9.17) is 0 Å². The van der Waals surface area contributed by atoms with Gasteiger partial charge in [0, 0.05) is 5.56 Å². The molecule has 1 atom stereocenters. The number of benzene rings is 2. The largest absolute Gasteiger partial charge is 0.311 e. The molecule has 1 heterocycles. The number of nitrogens with two attached hydrogens (primary N) is 1. The van der Waals surface area contributed by atoms with Crippen LogP contribution in [0.4, 0.5) is 0 Å². The van der Waals surface area contributed by atoms with Crippen molar-refractivity contribution in [3.05, 3.63) is 84.1 Å². The summed E-state index contributed by atoms with van der Waals surface area (Å²) >= 11 is 0. The molecule has 3 rings (SSSR count). The number of hydrogen-bond donors (Lipinski definition) is 1. The molecule has 0 bridgehead atoms. The molecule has 1 unspecified atom stereocenters. The van der Waals surface area contributed by atoms with Crippen LogP contribution in [-0.4, -0.2) is 0 Å². The van der Waals surface area contributed by atoms with E-state index in [1.165, 1.54) is 22.3 Å². The van der Waals surface area contributed by atoms with Gasteiger partial charge in [0.05, 0.1) is 6.20 Å². The summed E-state index contributed by atoms with van der Waals surface area (Å²) in [6, 6.07) is 19.8. The molecule has 0 spiro atoms. The fourth-order valence-corrected chi connectivity index (χ4v) is 2.85. The highest BCUT2D eigenvalue weighted by Crippen LogP contribution is 2.30. The van der Waals surface area contributed by atoms with Gasteiger partial charge in [-0.05, 0) is 40.3 Å². The van der Waals surface area contributed by atoms with Crippen molar-refractivity contribution in [2.75, 3.05) is 0 Å². The first-order chi connectivity index (χ1) is 10.5. The lowest BCUT2D eigenvalue weighted by Gasteiger charge is -2.24. The number of rotatable bonds is 2. The van der Waals surface area contributed by atoms with Crippen molar-refractivity contribution in [3.8, 4) is 11.1 Å². The van der Waals surface area contributed by atoms with E-state index in [1.54, 1.807) is 0 Å². The predicted molar refractivity (Wildman–Crippen MR) is 93.2 cm³/mol. The highest BCUT2D eigenvalue weighted by atomic mass is 14.9. The Bertz CT molecular complexity index is 702. The van der Waals surface area contributed by atoms with Gasteiger partial charge in [-0.15, -0.1) is 0 Å². The zero-order valence-electron chi connectivity index (χ0n) is 13.6. The first kappa shape index (κ1) is 14.8. The maximum atomic E-state index is 2.39. The van der Waals surface area contributed by atoms with Crippen LogP contribution in [0.1, 0.15) is 32.4 Å². The first-order valence-electron chi connectivity index (χ1n) is 7.93. The van der Waals surface area contributed by atoms with E-state index in [-0.39, 0.29) is 5.41 Å². The molecule has 1 aliphatic rings. The summed E-state index contributed by atoms with van der Waals surface area (Å²) in [5.41, 5.74) is 5.51. The van der Waals surface area contributed by atoms with Gasteiger partial charge in [0.25, 0.3) is 0 Å². The predicted octanol–water partition coefficient (Wildman–Crippen LogP) is 4.46. The van der Waals surface area contributed by atoms with E-state index >= 15 is 0 Å². The van der Waals surface area contributed by atoms with Gasteiger partial charge in [-0.3, -0.25) is 0 Å². The van der Waals surface area contributed by atoms with E-state index in [2.05, 4.69) is 99.0 Å².